The lowest BCUT2D eigenvalue weighted by molar-refractivity contribution is 0.639. The number of allylic oxidation sites excluding steroid dienone is 5. The second kappa shape index (κ2) is 14.2. The van der Waals surface area contributed by atoms with E-state index in [1.165, 1.54) is 27.7 Å². The van der Waals surface area contributed by atoms with Gasteiger partial charge in [0.05, 0.1) is 38.0 Å². The summed E-state index contributed by atoms with van der Waals surface area (Å²) < 4.78 is 5.83. The maximum Gasteiger partial charge on any atom is 0.238 e. The van der Waals surface area contributed by atoms with Crippen molar-refractivity contribution in [3.8, 4) is 45.0 Å². The van der Waals surface area contributed by atoms with Gasteiger partial charge in [-0.25, -0.2) is 9.97 Å². The molecule has 4 aromatic heterocycles. The number of para-hydroxylation sites is 2. The first-order valence-electron chi connectivity index (χ1n) is 21.3. The predicted octanol–water partition coefficient (Wildman–Crippen LogP) is 14.5. The van der Waals surface area contributed by atoms with E-state index in [4.69, 9.17) is 19.9 Å². The predicted molar refractivity (Wildman–Crippen MR) is 263 cm³/mol. The molecule has 0 amide bonds. The summed E-state index contributed by atoms with van der Waals surface area (Å²) in [6, 6.07) is 55.7. The van der Waals surface area contributed by atoms with Gasteiger partial charge in [0.1, 0.15) is 5.01 Å². The van der Waals surface area contributed by atoms with Gasteiger partial charge in [0.25, 0.3) is 0 Å². The number of benzene rings is 7. The van der Waals surface area contributed by atoms with Gasteiger partial charge >= 0.3 is 0 Å². The van der Waals surface area contributed by atoms with Gasteiger partial charge < -0.3 is 4.57 Å². The van der Waals surface area contributed by atoms with Crippen molar-refractivity contribution >= 4 is 70.7 Å². The minimum absolute atomic E-state index is 0.182. The molecule has 0 bridgehead atoms. The Morgan fingerprint density at radius 3 is 1.89 bits per heavy atom. The Balaban J connectivity index is 1.17. The van der Waals surface area contributed by atoms with Gasteiger partial charge in [-0.1, -0.05) is 172 Å². The van der Waals surface area contributed by atoms with Gasteiger partial charge in [-0.2, -0.15) is 9.97 Å². The Morgan fingerprint density at radius 1 is 0.571 bits per heavy atom. The van der Waals surface area contributed by atoms with E-state index in [1.54, 1.807) is 11.3 Å². The number of nitrogens with zero attached hydrogens (tertiary/aromatic N) is 6. The topological polar surface area (TPSA) is 61.4 Å². The van der Waals surface area contributed by atoms with Crippen LogP contribution in [0.5, 0.6) is 0 Å². The molecular formula is C56H40N6S. The molecule has 0 radical (unpaired) electrons. The van der Waals surface area contributed by atoms with Crippen LogP contribution in [-0.2, 0) is 5.41 Å². The Morgan fingerprint density at radius 2 is 1.19 bits per heavy atom. The summed E-state index contributed by atoms with van der Waals surface area (Å²) in [5.74, 6) is 1.79. The monoisotopic (exact) mass is 828 g/mol. The van der Waals surface area contributed by atoms with E-state index in [0.717, 1.165) is 75.8 Å². The number of rotatable bonds is 7. The minimum Gasteiger partial charge on any atom is -0.306 e. The van der Waals surface area contributed by atoms with Crippen molar-refractivity contribution in [2.45, 2.75) is 26.2 Å². The van der Waals surface area contributed by atoms with Gasteiger partial charge in [-0.15, -0.1) is 11.3 Å². The summed E-state index contributed by atoms with van der Waals surface area (Å²) >= 11 is 1.73. The molecule has 11 aromatic rings. The second-order valence-electron chi connectivity index (χ2n) is 16.7. The molecule has 0 fully saturated rings. The number of aromatic nitrogens is 6. The maximum atomic E-state index is 5.47. The Kier molecular flexibility index (Phi) is 8.33. The molecule has 0 aliphatic heterocycles. The second-order valence-corrected chi connectivity index (χ2v) is 17.7. The van der Waals surface area contributed by atoms with Crippen LogP contribution in [0.15, 0.2) is 188 Å². The van der Waals surface area contributed by atoms with Crippen LogP contribution in [0, 0.1) is 0 Å². The van der Waals surface area contributed by atoms with Crippen LogP contribution in [0.4, 0.5) is 0 Å². The molecule has 300 valence electrons. The van der Waals surface area contributed by atoms with Crippen molar-refractivity contribution < 1.29 is 0 Å². The lowest BCUT2D eigenvalue weighted by atomic mass is 9.81. The number of thiazole rings is 1. The Labute approximate surface area is 368 Å². The van der Waals surface area contributed by atoms with Crippen LogP contribution in [0.2, 0.25) is 0 Å². The molecule has 6 nitrogen and oxygen atoms in total. The highest BCUT2D eigenvalue weighted by molar-refractivity contribution is 7.22. The summed E-state index contributed by atoms with van der Waals surface area (Å²) in [6.07, 6.45) is 6.02. The van der Waals surface area contributed by atoms with E-state index >= 15 is 0 Å². The molecule has 0 unspecified atom stereocenters. The van der Waals surface area contributed by atoms with Crippen molar-refractivity contribution in [2.75, 3.05) is 0 Å². The standard InChI is InChI=1S/C56H40N6S/c1-5-6-22-38-34(2)56(3,4)44-33-37(29-30-39(38)44)53-58-52(35-18-9-7-10-19-35)59-55(60-53)62-47-27-16-14-24-41(47)43-32-31-42-40-23-13-15-26-46(40)61(49(42)50(43)62)48-28-17-25-45-51(48)63-54(57-45)36-20-11-8-12-21-36/h5-33H,1H2,2-4H3/b22-6-. The fourth-order valence-electron chi connectivity index (χ4n) is 9.64. The van der Waals surface area contributed by atoms with Crippen LogP contribution in [0.3, 0.4) is 0 Å². The summed E-state index contributed by atoms with van der Waals surface area (Å²) in [5.41, 5.74) is 14.1. The van der Waals surface area contributed by atoms with E-state index in [1.807, 2.05) is 36.4 Å². The molecule has 0 atom stereocenters. The molecule has 4 heterocycles. The van der Waals surface area contributed by atoms with E-state index < -0.39 is 0 Å². The fraction of sp³-hybridized carbons (Fsp3) is 0.0714. The number of hydrogen-bond acceptors (Lipinski definition) is 5. The summed E-state index contributed by atoms with van der Waals surface area (Å²) in [7, 11) is 0. The molecule has 12 rings (SSSR count). The highest BCUT2D eigenvalue weighted by Gasteiger charge is 2.35. The molecule has 0 saturated carbocycles. The van der Waals surface area contributed by atoms with Crippen molar-refractivity contribution in [3.63, 3.8) is 0 Å². The minimum atomic E-state index is -0.182. The Bertz CT molecular complexity index is 3730. The quantitative estimate of drug-likeness (QED) is 0.150. The molecule has 1 aliphatic carbocycles. The van der Waals surface area contributed by atoms with E-state index in [-0.39, 0.29) is 5.41 Å². The zero-order chi connectivity index (χ0) is 42.4. The molecule has 0 spiro atoms. The largest absolute Gasteiger partial charge is 0.306 e. The van der Waals surface area contributed by atoms with Crippen LogP contribution >= 0.6 is 11.3 Å². The highest BCUT2D eigenvalue weighted by Crippen LogP contribution is 2.48. The molecule has 7 aromatic carbocycles. The SMILES string of the molecule is C=C/C=C\C1=C(C)C(C)(C)c2cc(-c3nc(-c4ccccc4)nc(-n4c5ccccc5c5ccc6c7ccccc7n(-c7cccc8nc(-c9ccccc9)sc78)c6c54)n3)ccc21. The third kappa shape index (κ3) is 5.63. The third-order valence-electron chi connectivity index (χ3n) is 13.0. The molecule has 0 N–H and O–H groups in total. The molecule has 63 heavy (non-hydrogen) atoms. The normalized spacial score (nSPS) is 13.7. The summed E-state index contributed by atoms with van der Waals surface area (Å²) in [4.78, 5) is 21.3. The summed E-state index contributed by atoms with van der Waals surface area (Å²) in [5, 5.41) is 5.55. The van der Waals surface area contributed by atoms with Crippen molar-refractivity contribution in [1.29, 1.82) is 0 Å². The van der Waals surface area contributed by atoms with E-state index in [2.05, 4.69) is 176 Å². The molecular weight excluding hydrogens is 789 g/mol. The van der Waals surface area contributed by atoms with E-state index in [9.17, 15) is 0 Å². The van der Waals surface area contributed by atoms with Gasteiger partial charge in [0, 0.05) is 43.7 Å². The zero-order valence-corrected chi connectivity index (χ0v) is 35.9. The number of fused-ring (bicyclic) bond motifs is 9. The molecule has 1 aliphatic rings. The number of hydrogen-bond donors (Lipinski definition) is 0. The summed E-state index contributed by atoms with van der Waals surface area (Å²) in [6.45, 7) is 10.8. The van der Waals surface area contributed by atoms with Crippen molar-refractivity contribution in [2.24, 2.45) is 0 Å². The van der Waals surface area contributed by atoms with Gasteiger partial charge in [-0.3, -0.25) is 4.57 Å². The van der Waals surface area contributed by atoms with Crippen LogP contribution in [0.25, 0.3) is 104 Å². The van der Waals surface area contributed by atoms with Crippen LogP contribution < -0.4 is 0 Å². The smallest absolute Gasteiger partial charge is 0.238 e. The van der Waals surface area contributed by atoms with Crippen LogP contribution in [-0.4, -0.2) is 29.1 Å². The first-order valence-corrected chi connectivity index (χ1v) is 22.1. The zero-order valence-electron chi connectivity index (χ0n) is 35.0. The van der Waals surface area contributed by atoms with Gasteiger partial charge in [0.15, 0.2) is 11.6 Å². The first-order chi connectivity index (χ1) is 30.9. The fourth-order valence-corrected chi connectivity index (χ4v) is 10.7. The average Bonchev–Trinajstić information content (AvgIpc) is 4.06. The average molecular weight is 829 g/mol. The Hall–Kier alpha value is -7.74. The third-order valence-corrected chi connectivity index (χ3v) is 14.1. The van der Waals surface area contributed by atoms with Gasteiger partial charge in [0.2, 0.25) is 5.95 Å². The maximum absolute atomic E-state index is 5.47. The van der Waals surface area contributed by atoms with E-state index in [0.29, 0.717) is 17.6 Å². The highest BCUT2D eigenvalue weighted by atomic mass is 32.1. The first kappa shape index (κ1) is 37.1. The van der Waals surface area contributed by atoms with Crippen molar-refractivity contribution in [1.82, 2.24) is 29.1 Å². The van der Waals surface area contributed by atoms with Gasteiger partial charge in [-0.05, 0) is 54.0 Å². The van der Waals surface area contributed by atoms with Crippen LogP contribution in [0.1, 0.15) is 31.9 Å². The molecule has 0 saturated heterocycles. The molecule has 7 heteroatoms. The lowest BCUT2D eigenvalue weighted by Gasteiger charge is -2.22. The lowest BCUT2D eigenvalue weighted by Crippen LogP contribution is -2.15. The van der Waals surface area contributed by atoms with Crippen molar-refractivity contribution in [3.05, 3.63) is 199 Å².